The molecule has 2 heterocycles. The Bertz CT molecular complexity index is 1000. The Kier molecular flexibility index (Phi) is 7.45. The molecule has 0 saturated carbocycles. The summed E-state index contributed by atoms with van der Waals surface area (Å²) in [4.78, 5) is 29.0. The van der Waals surface area contributed by atoms with Gasteiger partial charge < -0.3 is 15.1 Å². The standard InChI is InChI=1S/C25H28Cl2FN3O2/c1-2-29-25(33)30-10-8-20(9-11-30)31-12-7-17(24(31)32)13-21-22(26)14-18(15-23(21)27)16-3-5-19(28)6-4-16/h3-6,14-15,17,20H,2,7-13H2,1H3,(H,29,33). The van der Waals surface area contributed by atoms with Gasteiger partial charge in [0.2, 0.25) is 5.91 Å². The molecule has 0 aromatic heterocycles. The summed E-state index contributed by atoms with van der Waals surface area (Å²) in [6.45, 7) is 4.56. The highest BCUT2D eigenvalue weighted by molar-refractivity contribution is 6.36. The topological polar surface area (TPSA) is 52.7 Å². The van der Waals surface area contributed by atoms with E-state index in [1.165, 1.54) is 12.1 Å². The van der Waals surface area contributed by atoms with Crippen molar-refractivity contribution in [1.29, 1.82) is 0 Å². The van der Waals surface area contributed by atoms with Gasteiger partial charge in [0.05, 0.1) is 0 Å². The van der Waals surface area contributed by atoms with Gasteiger partial charge in [-0.25, -0.2) is 9.18 Å². The Balaban J connectivity index is 1.40. The maximum Gasteiger partial charge on any atom is 0.317 e. The molecule has 0 spiro atoms. The minimum atomic E-state index is -0.299. The molecule has 2 aromatic carbocycles. The van der Waals surface area contributed by atoms with E-state index in [-0.39, 0.29) is 29.7 Å². The van der Waals surface area contributed by atoms with Crippen LogP contribution in [0.2, 0.25) is 10.0 Å². The van der Waals surface area contributed by atoms with Crippen LogP contribution in [-0.4, -0.2) is 54.0 Å². The first-order chi connectivity index (χ1) is 15.9. The second-order valence-electron chi connectivity index (χ2n) is 8.70. The summed E-state index contributed by atoms with van der Waals surface area (Å²) in [7, 11) is 0. The van der Waals surface area contributed by atoms with Crippen LogP contribution in [0.15, 0.2) is 36.4 Å². The summed E-state index contributed by atoms with van der Waals surface area (Å²) in [6.07, 6.45) is 2.85. The van der Waals surface area contributed by atoms with Crippen LogP contribution in [0.25, 0.3) is 11.1 Å². The van der Waals surface area contributed by atoms with Crippen molar-refractivity contribution in [1.82, 2.24) is 15.1 Å². The van der Waals surface area contributed by atoms with Crippen molar-refractivity contribution < 1.29 is 14.0 Å². The molecule has 1 N–H and O–H groups in total. The number of carbonyl (C=O) groups is 2. The molecular formula is C25H28Cl2FN3O2. The molecule has 2 fully saturated rings. The fraction of sp³-hybridized carbons (Fsp3) is 0.440. The minimum Gasteiger partial charge on any atom is -0.339 e. The largest absolute Gasteiger partial charge is 0.339 e. The molecule has 0 aliphatic carbocycles. The zero-order valence-corrected chi connectivity index (χ0v) is 20.1. The lowest BCUT2D eigenvalue weighted by atomic mass is 9.95. The van der Waals surface area contributed by atoms with E-state index < -0.39 is 0 Å². The third-order valence-corrected chi connectivity index (χ3v) is 7.31. The van der Waals surface area contributed by atoms with Gasteiger partial charge in [-0.05, 0) is 73.6 Å². The first-order valence-electron chi connectivity index (χ1n) is 11.4. The van der Waals surface area contributed by atoms with E-state index in [4.69, 9.17) is 23.2 Å². The van der Waals surface area contributed by atoms with E-state index in [2.05, 4.69) is 5.32 Å². The second kappa shape index (κ2) is 10.3. The van der Waals surface area contributed by atoms with Gasteiger partial charge in [0.15, 0.2) is 0 Å². The number of benzene rings is 2. The van der Waals surface area contributed by atoms with Gasteiger partial charge in [-0.1, -0.05) is 35.3 Å². The van der Waals surface area contributed by atoms with E-state index in [9.17, 15) is 14.0 Å². The van der Waals surface area contributed by atoms with Gasteiger partial charge in [-0.2, -0.15) is 0 Å². The number of urea groups is 1. The quantitative estimate of drug-likeness (QED) is 0.609. The molecule has 1 unspecified atom stereocenters. The van der Waals surface area contributed by atoms with Gasteiger partial charge in [-0.15, -0.1) is 0 Å². The molecule has 1 atom stereocenters. The number of amides is 3. The number of likely N-dealkylation sites (tertiary alicyclic amines) is 2. The van der Waals surface area contributed by atoms with Crippen molar-refractivity contribution in [2.24, 2.45) is 5.92 Å². The first-order valence-corrected chi connectivity index (χ1v) is 12.2. The van der Waals surface area contributed by atoms with Gasteiger partial charge >= 0.3 is 6.03 Å². The van der Waals surface area contributed by atoms with Crippen molar-refractivity contribution >= 4 is 35.1 Å². The molecule has 3 amide bonds. The van der Waals surface area contributed by atoms with Gasteiger partial charge in [0.1, 0.15) is 5.82 Å². The molecule has 0 radical (unpaired) electrons. The molecule has 0 bridgehead atoms. The number of halogens is 3. The average molecular weight is 492 g/mol. The van der Waals surface area contributed by atoms with Crippen molar-refractivity contribution in [3.8, 4) is 11.1 Å². The maximum absolute atomic E-state index is 13.2. The molecule has 2 saturated heterocycles. The first kappa shape index (κ1) is 23.8. The third kappa shape index (κ3) is 5.28. The van der Waals surface area contributed by atoms with Crippen LogP contribution in [-0.2, 0) is 11.2 Å². The zero-order valence-electron chi connectivity index (χ0n) is 18.6. The Morgan fingerprint density at radius 3 is 2.27 bits per heavy atom. The highest BCUT2D eigenvalue weighted by Gasteiger charge is 2.38. The fourth-order valence-corrected chi connectivity index (χ4v) is 5.45. The van der Waals surface area contributed by atoms with Crippen LogP contribution >= 0.6 is 23.2 Å². The average Bonchev–Trinajstić information content (AvgIpc) is 3.17. The lowest BCUT2D eigenvalue weighted by molar-refractivity contribution is -0.133. The minimum absolute atomic E-state index is 0.0325. The molecule has 33 heavy (non-hydrogen) atoms. The SMILES string of the molecule is CCNC(=O)N1CCC(N2CCC(Cc3c(Cl)cc(-c4ccc(F)cc4)cc3Cl)C2=O)CC1. The van der Waals surface area contributed by atoms with Gasteiger partial charge in [-0.3, -0.25) is 4.79 Å². The monoisotopic (exact) mass is 491 g/mol. The highest BCUT2D eigenvalue weighted by Crippen LogP contribution is 2.36. The van der Waals surface area contributed by atoms with Crippen molar-refractivity contribution in [2.45, 2.75) is 38.6 Å². The summed E-state index contributed by atoms with van der Waals surface area (Å²) in [5.41, 5.74) is 2.41. The fourth-order valence-electron chi connectivity index (χ4n) is 4.81. The lowest BCUT2D eigenvalue weighted by Gasteiger charge is -2.36. The number of rotatable bonds is 5. The van der Waals surface area contributed by atoms with Crippen LogP contribution in [0.5, 0.6) is 0 Å². The predicted octanol–water partition coefficient (Wildman–Crippen LogP) is 5.38. The number of carbonyl (C=O) groups excluding carboxylic acids is 2. The van der Waals surface area contributed by atoms with Crippen molar-refractivity contribution in [3.63, 3.8) is 0 Å². The molecule has 2 aromatic rings. The molecule has 2 aliphatic heterocycles. The Hall–Kier alpha value is -2.31. The van der Waals surface area contributed by atoms with E-state index in [0.717, 1.165) is 42.5 Å². The van der Waals surface area contributed by atoms with E-state index in [1.807, 2.05) is 28.9 Å². The Labute approximate surface area is 203 Å². The summed E-state index contributed by atoms with van der Waals surface area (Å²) in [6, 6.07) is 9.96. The predicted molar refractivity (Wildman–Crippen MR) is 129 cm³/mol. The maximum atomic E-state index is 13.2. The lowest BCUT2D eigenvalue weighted by Crippen LogP contribution is -2.50. The molecular weight excluding hydrogens is 464 g/mol. The van der Waals surface area contributed by atoms with Crippen LogP contribution in [0, 0.1) is 11.7 Å². The normalized spacial score (nSPS) is 19.3. The van der Waals surface area contributed by atoms with Crippen LogP contribution in [0.4, 0.5) is 9.18 Å². The van der Waals surface area contributed by atoms with Crippen LogP contribution < -0.4 is 5.32 Å². The smallest absolute Gasteiger partial charge is 0.317 e. The van der Waals surface area contributed by atoms with Crippen molar-refractivity contribution in [3.05, 3.63) is 57.8 Å². The van der Waals surface area contributed by atoms with Crippen LogP contribution in [0.3, 0.4) is 0 Å². The van der Waals surface area contributed by atoms with Gasteiger partial charge in [0.25, 0.3) is 0 Å². The van der Waals surface area contributed by atoms with E-state index in [1.54, 1.807) is 12.1 Å². The second-order valence-corrected chi connectivity index (χ2v) is 9.51. The Morgan fingerprint density at radius 1 is 1.03 bits per heavy atom. The molecule has 5 nitrogen and oxygen atoms in total. The van der Waals surface area contributed by atoms with Gasteiger partial charge in [0, 0.05) is 48.2 Å². The number of nitrogens with zero attached hydrogens (tertiary/aromatic N) is 2. The highest BCUT2D eigenvalue weighted by atomic mass is 35.5. The van der Waals surface area contributed by atoms with E-state index >= 15 is 0 Å². The summed E-state index contributed by atoms with van der Waals surface area (Å²) >= 11 is 13.1. The molecule has 176 valence electrons. The zero-order chi connectivity index (χ0) is 23.5. The number of nitrogens with one attached hydrogen (secondary N) is 1. The summed E-state index contributed by atoms with van der Waals surface area (Å²) in [5.74, 6) is -0.314. The Morgan fingerprint density at radius 2 is 1.67 bits per heavy atom. The number of piperidine rings is 1. The molecule has 2 aliphatic rings. The number of hydrogen-bond donors (Lipinski definition) is 1. The summed E-state index contributed by atoms with van der Waals surface area (Å²) in [5, 5.41) is 3.87. The summed E-state index contributed by atoms with van der Waals surface area (Å²) < 4.78 is 13.2. The number of hydrogen-bond acceptors (Lipinski definition) is 2. The molecule has 4 rings (SSSR count). The van der Waals surface area contributed by atoms with E-state index in [0.29, 0.717) is 36.1 Å². The molecule has 8 heteroatoms. The van der Waals surface area contributed by atoms with Crippen LogP contribution in [0.1, 0.15) is 31.7 Å². The third-order valence-electron chi connectivity index (χ3n) is 6.64. The van der Waals surface area contributed by atoms with Crippen molar-refractivity contribution in [2.75, 3.05) is 26.2 Å².